The van der Waals surface area contributed by atoms with Gasteiger partial charge < -0.3 is 4.74 Å². The average Bonchev–Trinajstić information content (AvgIpc) is 3.09. The molecule has 25 heavy (non-hydrogen) atoms. The van der Waals surface area contributed by atoms with Crippen LogP contribution in [0.15, 0.2) is 59.6 Å². The second-order valence-corrected chi connectivity index (χ2v) is 6.55. The highest BCUT2D eigenvalue weighted by Crippen LogP contribution is 2.22. The predicted octanol–water partition coefficient (Wildman–Crippen LogP) is 3.72. The number of hydrogen-bond acceptors (Lipinski definition) is 4. The Balaban J connectivity index is 1.60. The predicted molar refractivity (Wildman–Crippen MR) is 98.2 cm³/mol. The number of carbonyl (C=O) groups is 1. The molecule has 0 aliphatic carbocycles. The minimum atomic E-state index is -0.611. The molecule has 0 saturated heterocycles. The van der Waals surface area contributed by atoms with Gasteiger partial charge in [-0.25, -0.2) is 4.39 Å². The van der Waals surface area contributed by atoms with E-state index in [9.17, 15) is 9.18 Å². The number of ether oxygens (including phenoxy) is 1. The third-order valence-electron chi connectivity index (χ3n) is 3.79. The molecule has 2 aromatic carbocycles. The molecule has 1 amide bonds. The highest BCUT2D eigenvalue weighted by atomic mass is 32.2. The van der Waals surface area contributed by atoms with Crippen LogP contribution in [0, 0.1) is 5.82 Å². The molecule has 0 radical (unpaired) electrons. The van der Waals surface area contributed by atoms with Crippen LogP contribution in [0.5, 0.6) is 5.75 Å². The van der Waals surface area contributed by atoms with Crippen molar-refractivity contribution in [3.05, 3.63) is 66.0 Å². The Morgan fingerprint density at radius 1 is 1.24 bits per heavy atom. The van der Waals surface area contributed by atoms with E-state index < -0.39 is 6.10 Å². The van der Waals surface area contributed by atoms with Crippen LogP contribution in [0.2, 0.25) is 0 Å². The van der Waals surface area contributed by atoms with Crippen LogP contribution in [0.3, 0.4) is 0 Å². The molecule has 0 N–H and O–H groups in total. The van der Waals surface area contributed by atoms with E-state index in [1.807, 2.05) is 30.3 Å². The third kappa shape index (κ3) is 4.39. The van der Waals surface area contributed by atoms with Gasteiger partial charge in [-0.3, -0.25) is 14.7 Å². The van der Waals surface area contributed by atoms with Crippen molar-refractivity contribution in [1.82, 2.24) is 4.90 Å². The van der Waals surface area contributed by atoms with Gasteiger partial charge in [0.1, 0.15) is 11.6 Å². The molecular formula is C19H19FN2O2S. The van der Waals surface area contributed by atoms with Crippen LogP contribution in [-0.4, -0.2) is 35.2 Å². The smallest absolute Gasteiger partial charge is 0.269 e. The molecule has 0 fully saturated rings. The number of aliphatic imine (C=N–C) groups is 1. The normalized spacial score (nSPS) is 15.0. The zero-order chi connectivity index (χ0) is 17.6. The topological polar surface area (TPSA) is 41.9 Å². The third-order valence-corrected chi connectivity index (χ3v) is 4.85. The first kappa shape index (κ1) is 17.5. The van der Waals surface area contributed by atoms with Crippen LogP contribution in [-0.2, 0) is 10.5 Å². The van der Waals surface area contributed by atoms with Crippen molar-refractivity contribution in [2.24, 2.45) is 4.99 Å². The van der Waals surface area contributed by atoms with Crippen molar-refractivity contribution in [1.29, 1.82) is 0 Å². The van der Waals surface area contributed by atoms with Crippen molar-refractivity contribution >= 4 is 22.8 Å². The average molecular weight is 358 g/mol. The van der Waals surface area contributed by atoms with Gasteiger partial charge in [-0.2, -0.15) is 0 Å². The fraction of sp³-hybridized carbons (Fsp3) is 0.263. The highest BCUT2D eigenvalue weighted by Gasteiger charge is 2.29. The summed E-state index contributed by atoms with van der Waals surface area (Å²) < 4.78 is 19.4. The lowest BCUT2D eigenvalue weighted by molar-refractivity contribution is -0.133. The molecule has 130 valence electrons. The lowest BCUT2D eigenvalue weighted by Gasteiger charge is -2.22. The summed E-state index contributed by atoms with van der Waals surface area (Å²) in [6, 6.07) is 15.9. The molecule has 0 unspecified atom stereocenters. The molecular weight excluding hydrogens is 339 g/mol. The molecule has 3 rings (SSSR count). The van der Waals surface area contributed by atoms with E-state index in [-0.39, 0.29) is 11.7 Å². The Morgan fingerprint density at radius 3 is 2.72 bits per heavy atom. The second-order valence-electron chi connectivity index (χ2n) is 5.61. The molecule has 6 heteroatoms. The molecule has 1 aliphatic heterocycles. The summed E-state index contributed by atoms with van der Waals surface area (Å²) in [6.45, 7) is 2.82. The van der Waals surface area contributed by atoms with Crippen molar-refractivity contribution in [2.75, 3.05) is 13.1 Å². The van der Waals surface area contributed by atoms with Crippen molar-refractivity contribution in [3.63, 3.8) is 0 Å². The van der Waals surface area contributed by atoms with E-state index in [0.29, 0.717) is 35.3 Å². The number of amidine groups is 1. The van der Waals surface area contributed by atoms with Gasteiger partial charge in [-0.15, -0.1) is 0 Å². The summed E-state index contributed by atoms with van der Waals surface area (Å²) in [7, 11) is 0. The van der Waals surface area contributed by atoms with Gasteiger partial charge in [0.2, 0.25) is 0 Å². The standard InChI is InChI=1S/C19H19FN2O2S/c1-14(24-16-8-3-2-4-9-16)18(23)22-12-11-21-19(22)25-13-15-7-5-6-10-17(15)20/h2-10,14H,11-13H2,1H3/t14-/m1/s1. The molecule has 0 bridgehead atoms. The van der Waals surface area contributed by atoms with Gasteiger partial charge in [0, 0.05) is 12.3 Å². The number of benzene rings is 2. The molecule has 4 nitrogen and oxygen atoms in total. The molecule has 0 saturated carbocycles. The van der Waals surface area contributed by atoms with Gasteiger partial charge in [-0.05, 0) is 30.7 Å². The van der Waals surface area contributed by atoms with Crippen LogP contribution in [0.1, 0.15) is 12.5 Å². The van der Waals surface area contributed by atoms with E-state index in [1.54, 1.807) is 30.0 Å². The number of halogens is 1. The largest absolute Gasteiger partial charge is 0.481 e. The van der Waals surface area contributed by atoms with Crippen LogP contribution in [0.4, 0.5) is 4.39 Å². The summed E-state index contributed by atoms with van der Waals surface area (Å²) in [5.74, 6) is 0.705. The van der Waals surface area contributed by atoms with E-state index in [1.165, 1.54) is 17.8 Å². The maximum Gasteiger partial charge on any atom is 0.269 e. The quantitative estimate of drug-likeness (QED) is 0.818. The summed E-state index contributed by atoms with van der Waals surface area (Å²) >= 11 is 1.37. The van der Waals surface area contributed by atoms with Crippen LogP contribution >= 0.6 is 11.8 Å². The Hall–Kier alpha value is -2.34. The summed E-state index contributed by atoms with van der Waals surface area (Å²) in [4.78, 5) is 18.7. The van der Waals surface area contributed by atoms with E-state index in [0.717, 1.165) is 0 Å². The second kappa shape index (κ2) is 8.16. The number of thioether (sulfide) groups is 1. The first-order valence-corrected chi connectivity index (χ1v) is 9.07. The minimum Gasteiger partial charge on any atom is -0.481 e. The molecule has 2 aromatic rings. The zero-order valence-corrected chi connectivity index (χ0v) is 14.7. The van der Waals surface area contributed by atoms with E-state index in [4.69, 9.17) is 4.74 Å². The number of para-hydroxylation sites is 1. The van der Waals surface area contributed by atoms with Gasteiger partial charge >= 0.3 is 0 Å². The SMILES string of the molecule is C[C@@H](Oc1ccccc1)C(=O)N1CCN=C1SCc1ccccc1F. The molecule has 0 aromatic heterocycles. The summed E-state index contributed by atoms with van der Waals surface area (Å²) in [6.07, 6.45) is -0.611. The maximum absolute atomic E-state index is 13.7. The monoisotopic (exact) mass is 358 g/mol. The lowest BCUT2D eigenvalue weighted by atomic mass is 10.2. The van der Waals surface area contributed by atoms with Gasteiger partial charge in [0.25, 0.3) is 5.91 Å². The highest BCUT2D eigenvalue weighted by molar-refractivity contribution is 8.13. The fourth-order valence-corrected chi connectivity index (χ4v) is 3.52. The van der Waals surface area contributed by atoms with E-state index >= 15 is 0 Å². The fourth-order valence-electron chi connectivity index (χ4n) is 2.49. The van der Waals surface area contributed by atoms with Crippen molar-refractivity contribution < 1.29 is 13.9 Å². The maximum atomic E-state index is 13.7. The molecule has 0 spiro atoms. The lowest BCUT2D eigenvalue weighted by Crippen LogP contribution is -2.41. The minimum absolute atomic E-state index is 0.138. The Bertz CT molecular complexity index is 767. The van der Waals surface area contributed by atoms with Crippen molar-refractivity contribution in [3.8, 4) is 5.75 Å². The van der Waals surface area contributed by atoms with Gasteiger partial charge in [0.15, 0.2) is 11.3 Å². The number of nitrogens with zero attached hydrogens (tertiary/aromatic N) is 2. The van der Waals surface area contributed by atoms with Gasteiger partial charge in [0.05, 0.1) is 6.54 Å². The van der Waals surface area contributed by atoms with Crippen molar-refractivity contribution in [2.45, 2.75) is 18.8 Å². The van der Waals surface area contributed by atoms with E-state index in [2.05, 4.69) is 4.99 Å². The summed E-state index contributed by atoms with van der Waals surface area (Å²) in [5, 5.41) is 0.622. The van der Waals surface area contributed by atoms with Gasteiger partial charge in [-0.1, -0.05) is 48.2 Å². The Labute approximate surface area is 150 Å². The molecule has 1 heterocycles. The number of hydrogen-bond donors (Lipinski definition) is 0. The zero-order valence-electron chi connectivity index (χ0n) is 13.9. The first-order chi connectivity index (χ1) is 12.1. The van der Waals surface area contributed by atoms with Crippen LogP contribution < -0.4 is 4.74 Å². The number of amides is 1. The van der Waals surface area contributed by atoms with Crippen LogP contribution in [0.25, 0.3) is 0 Å². The summed E-state index contributed by atoms with van der Waals surface area (Å²) in [5.41, 5.74) is 0.600. The Morgan fingerprint density at radius 2 is 1.96 bits per heavy atom. The number of rotatable bonds is 5. The molecule has 1 atom stereocenters. The Kier molecular flexibility index (Phi) is 5.71. The molecule has 1 aliphatic rings. The first-order valence-electron chi connectivity index (χ1n) is 8.09. The number of carbonyl (C=O) groups excluding carboxylic acids is 1.